The lowest BCUT2D eigenvalue weighted by Crippen LogP contribution is -2.49. The summed E-state index contributed by atoms with van der Waals surface area (Å²) in [6, 6.07) is 15.6. The zero-order valence-electron chi connectivity index (χ0n) is 17.3. The van der Waals surface area contributed by atoms with E-state index in [0.29, 0.717) is 31.3 Å². The molecule has 7 heteroatoms. The van der Waals surface area contributed by atoms with E-state index in [-0.39, 0.29) is 18.2 Å². The Balaban J connectivity index is 1.25. The van der Waals surface area contributed by atoms with Gasteiger partial charge in [-0.2, -0.15) is 0 Å². The summed E-state index contributed by atoms with van der Waals surface area (Å²) in [6.45, 7) is 3.29. The van der Waals surface area contributed by atoms with E-state index in [4.69, 9.17) is 14.2 Å². The Kier molecular flexibility index (Phi) is 6.59. The Morgan fingerprint density at radius 2 is 1.93 bits per heavy atom. The number of carbonyl (C=O) groups is 1. The molecule has 1 atom stereocenters. The lowest BCUT2D eigenvalue weighted by atomic mass is 10.1. The number of ether oxygens (including phenoxy) is 3. The third kappa shape index (κ3) is 5.57. The first kappa shape index (κ1) is 20.3. The highest BCUT2D eigenvalue weighted by atomic mass is 16.6. The zero-order valence-corrected chi connectivity index (χ0v) is 17.3. The molecule has 2 aliphatic rings. The molecule has 4 rings (SSSR count). The largest absolute Gasteiger partial charge is 0.489 e. The molecule has 0 radical (unpaired) electrons. The summed E-state index contributed by atoms with van der Waals surface area (Å²) in [5.74, 6) is 2.04. The molecule has 2 amide bonds. The van der Waals surface area contributed by atoms with Gasteiger partial charge in [0.05, 0.1) is 6.54 Å². The fourth-order valence-electron chi connectivity index (χ4n) is 3.62. The van der Waals surface area contributed by atoms with Gasteiger partial charge in [-0.3, -0.25) is 0 Å². The number of benzene rings is 2. The SMILES string of the molecule is CN1CCC(NC(=O)NCC2COc3ccc(OCc4ccccc4)cc3O2)CC1. The first-order valence-electron chi connectivity index (χ1n) is 10.5. The normalized spacial score (nSPS) is 19.2. The maximum absolute atomic E-state index is 12.2. The Bertz CT molecular complexity index is 838. The minimum atomic E-state index is -0.245. The number of rotatable bonds is 6. The summed E-state index contributed by atoms with van der Waals surface area (Å²) in [5.41, 5.74) is 1.10. The van der Waals surface area contributed by atoms with Crippen molar-refractivity contribution in [1.29, 1.82) is 0 Å². The molecule has 0 aliphatic carbocycles. The monoisotopic (exact) mass is 411 g/mol. The second kappa shape index (κ2) is 9.71. The van der Waals surface area contributed by atoms with Gasteiger partial charge in [-0.15, -0.1) is 0 Å². The summed E-state index contributed by atoms with van der Waals surface area (Å²) in [7, 11) is 2.10. The van der Waals surface area contributed by atoms with E-state index in [0.717, 1.165) is 37.2 Å². The molecule has 1 unspecified atom stereocenters. The third-order valence-corrected chi connectivity index (χ3v) is 5.43. The lowest BCUT2D eigenvalue weighted by molar-refractivity contribution is 0.0909. The average Bonchev–Trinajstić information content (AvgIpc) is 2.78. The number of carbonyl (C=O) groups excluding carboxylic acids is 1. The highest BCUT2D eigenvalue weighted by Gasteiger charge is 2.23. The summed E-state index contributed by atoms with van der Waals surface area (Å²) >= 11 is 0. The molecule has 2 aliphatic heterocycles. The molecule has 0 bridgehead atoms. The van der Waals surface area contributed by atoms with E-state index in [9.17, 15) is 4.79 Å². The highest BCUT2D eigenvalue weighted by molar-refractivity contribution is 5.74. The van der Waals surface area contributed by atoms with Crippen molar-refractivity contribution in [3.63, 3.8) is 0 Å². The zero-order chi connectivity index (χ0) is 20.8. The maximum atomic E-state index is 12.2. The van der Waals surface area contributed by atoms with Crippen molar-refractivity contribution in [3.8, 4) is 17.2 Å². The van der Waals surface area contributed by atoms with Crippen molar-refractivity contribution < 1.29 is 19.0 Å². The average molecular weight is 412 g/mol. The predicted molar refractivity (Wildman–Crippen MR) is 114 cm³/mol. The number of nitrogens with zero attached hydrogens (tertiary/aromatic N) is 1. The van der Waals surface area contributed by atoms with Crippen molar-refractivity contribution in [1.82, 2.24) is 15.5 Å². The van der Waals surface area contributed by atoms with Gasteiger partial charge in [0.2, 0.25) is 0 Å². The summed E-state index contributed by atoms with van der Waals surface area (Å²) in [4.78, 5) is 14.5. The summed E-state index contributed by atoms with van der Waals surface area (Å²) in [6.07, 6.45) is 1.71. The second-order valence-corrected chi connectivity index (χ2v) is 7.87. The molecule has 0 aromatic heterocycles. The molecule has 160 valence electrons. The smallest absolute Gasteiger partial charge is 0.315 e. The maximum Gasteiger partial charge on any atom is 0.315 e. The first-order valence-corrected chi connectivity index (χ1v) is 10.5. The third-order valence-electron chi connectivity index (χ3n) is 5.43. The van der Waals surface area contributed by atoms with Gasteiger partial charge >= 0.3 is 6.03 Å². The van der Waals surface area contributed by atoms with Crippen molar-refractivity contribution >= 4 is 6.03 Å². The molecule has 0 spiro atoms. The number of amides is 2. The highest BCUT2D eigenvalue weighted by Crippen LogP contribution is 2.35. The number of nitrogens with one attached hydrogen (secondary N) is 2. The predicted octanol–water partition coefficient (Wildman–Crippen LogP) is 2.80. The molecule has 2 aromatic carbocycles. The van der Waals surface area contributed by atoms with Crippen LogP contribution in [0.5, 0.6) is 17.2 Å². The minimum absolute atomic E-state index is 0.154. The number of likely N-dealkylation sites (tertiary alicyclic amines) is 1. The number of hydrogen-bond donors (Lipinski definition) is 2. The fourth-order valence-corrected chi connectivity index (χ4v) is 3.62. The van der Waals surface area contributed by atoms with Gasteiger partial charge in [-0.1, -0.05) is 30.3 Å². The van der Waals surface area contributed by atoms with E-state index in [1.54, 1.807) is 0 Å². The Morgan fingerprint density at radius 1 is 1.13 bits per heavy atom. The van der Waals surface area contributed by atoms with Crippen LogP contribution in [0.3, 0.4) is 0 Å². The van der Waals surface area contributed by atoms with E-state index < -0.39 is 0 Å². The van der Waals surface area contributed by atoms with Crippen LogP contribution < -0.4 is 24.8 Å². The minimum Gasteiger partial charge on any atom is -0.489 e. The molecule has 7 nitrogen and oxygen atoms in total. The molecule has 1 fully saturated rings. The quantitative estimate of drug-likeness (QED) is 0.765. The van der Waals surface area contributed by atoms with Gasteiger partial charge in [-0.25, -0.2) is 4.79 Å². The topological polar surface area (TPSA) is 72.1 Å². The van der Waals surface area contributed by atoms with Gasteiger partial charge in [0.25, 0.3) is 0 Å². The van der Waals surface area contributed by atoms with Crippen LogP contribution in [0.15, 0.2) is 48.5 Å². The molecule has 30 heavy (non-hydrogen) atoms. The van der Waals surface area contributed by atoms with Crippen molar-refractivity contribution in [2.45, 2.75) is 31.6 Å². The Hall–Kier alpha value is -2.93. The summed E-state index contributed by atoms with van der Waals surface area (Å²) < 4.78 is 17.7. The molecule has 1 saturated heterocycles. The van der Waals surface area contributed by atoms with Crippen LogP contribution in [-0.2, 0) is 6.61 Å². The van der Waals surface area contributed by atoms with Crippen LogP contribution in [0, 0.1) is 0 Å². The van der Waals surface area contributed by atoms with Crippen molar-refractivity contribution in [2.24, 2.45) is 0 Å². The van der Waals surface area contributed by atoms with Crippen LogP contribution >= 0.6 is 0 Å². The lowest BCUT2D eigenvalue weighted by Gasteiger charge is -2.30. The number of fused-ring (bicyclic) bond motifs is 1. The molecule has 2 N–H and O–H groups in total. The summed E-state index contributed by atoms with van der Waals surface area (Å²) in [5, 5.41) is 5.95. The standard InChI is InChI=1S/C23H29N3O4/c1-26-11-9-18(10-12-26)25-23(27)24-14-20-16-29-21-8-7-19(13-22(21)30-20)28-15-17-5-3-2-4-6-17/h2-8,13,18,20H,9-12,14-16H2,1H3,(H2,24,25,27). The van der Waals surface area contributed by atoms with E-state index >= 15 is 0 Å². The van der Waals surface area contributed by atoms with Crippen molar-refractivity contribution in [2.75, 3.05) is 33.3 Å². The van der Waals surface area contributed by atoms with Crippen molar-refractivity contribution in [3.05, 3.63) is 54.1 Å². The Morgan fingerprint density at radius 3 is 2.73 bits per heavy atom. The van der Waals surface area contributed by atoms with E-state index in [2.05, 4.69) is 22.6 Å². The number of piperidine rings is 1. The van der Waals surface area contributed by atoms with E-state index in [1.807, 2.05) is 48.5 Å². The van der Waals surface area contributed by atoms with Crippen LogP contribution in [0.25, 0.3) is 0 Å². The van der Waals surface area contributed by atoms with Gasteiger partial charge in [-0.05, 0) is 50.7 Å². The van der Waals surface area contributed by atoms with Crippen LogP contribution in [0.4, 0.5) is 4.79 Å². The molecule has 0 saturated carbocycles. The number of hydrogen-bond acceptors (Lipinski definition) is 5. The molecule has 2 aromatic rings. The van der Waals surface area contributed by atoms with Gasteiger partial charge in [0.1, 0.15) is 19.0 Å². The number of urea groups is 1. The first-order chi connectivity index (χ1) is 14.7. The van der Waals surface area contributed by atoms with Crippen LogP contribution in [-0.4, -0.2) is 56.4 Å². The van der Waals surface area contributed by atoms with Crippen LogP contribution in [0.1, 0.15) is 18.4 Å². The second-order valence-electron chi connectivity index (χ2n) is 7.87. The molecular weight excluding hydrogens is 382 g/mol. The van der Waals surface area contributed by atoms with Gasteiger partial charge < -0.3 is 29.7 Å². The van der Waals surface area contributed by atoms with Gasteiger partial charge in [0.15, 0.2) is 17.6 Å². The van der Waals surface area contributed by atoms with Crippen LogP contribution in [0.2, 0.25) is 0 Å². The molecule has 2 heterocycles. The fraction of sp³-hybridized carbons (Fsp3) is 0.435. The van der Waals surface area contributed by atoms with Gasteiger partial charge in [0, 0.05) is 12.1 Å². The molecular formula is C23H29N3O4. The van der Waals surface area contributed by atoms with E-state index in [1.165, 1.54) is 0 Å². The Labute approximate surface area is 177 Å².